The Morgan fingerprint density at radius 2 is 2.05 bits per heavy atom. The van der Waals surface area contributed by atoms with Crippen molar-refractivity contribution in [3.8, 4) is 0 Å². The van der Waals surface area contributed by atoms with Crippen LogP contribution in [0.5, 0.6) is 0 Å². The molecule has 0 fully saturated rings. The first-order chi connectivity index (χ1) is 9.29. The van der Waals surface area contributed by atoms with Gasteiger partial charge in [0.05, 0.1) is 10.6 Å². The molecule has 0 unspecified atom stereocenters. The number of carbonyl (C=O) groups excluding carboxylic acids is 1. The molecule has 0 aliphatic carbocycles. The van der Waals surface area contributed by atoms with Crippen LogP contribution in [0.25, 0.3) is 0 Å². The fourth-order valence-corrected chi connectivity index (χ4v) is 2.26. The third-order valence-electron chi connectivity index (χ3n) is 3.08. The summed E-state index contributed by atoms with van der Waals surface area (Å²) in [5.74, 6) is -0.396. The fraction of sp³-hybridized carbons (Fsp3) is 0.308. The number of nitrogens with two attached hydrogens (primary N) is 1. The number of halogens is 4. The summed E-state index contributed by atoms with van der Waals surface area (Å²) in [4.78, 5) is 13.5. The number of nitrogens with zero attached hydrogens (tertiary/aromatic N) is 1. The van der Waals surface area contributed by atoms with Gasteiger partial charge in [-0.3, -0.25) is 4.79 Å². The number of rotatable bonds is 1. The van der Waals surface area contributed by atoms with Gasteiger partial charge in [-0.15, -0.1) is 0 Å². The number of hydrogen-bond donors (Lipinski definition) is 1. The summed E-state index contributed by atoms with van der Waals surface area (Å²) in [6, 6.07) is 4.44. The molecular formula is C13H12ClF3N2O. The monoisotopic (exact) mass is 304 g/mol. The van der Waals surface area contributed by atoms with Crippen molar-refractivity contribution in [2.45, 2.75) is 12.6 Å². The van der Waals surface area contributed by atoms with Gasteiger partial charge in [0.25, 0.3) is 5.91 Å². The standard InChI is InChI=1S/C13H12ClF3N2O/c14-11-7-9(18)1-2-10(11)12(20)19-5-3-8(4-6-19)13(15,16)17/h1-3,7H,4-6,18H2. The Balaban J connectivity index is 2.14. The number of anilines is 1. The van der Waals surface area contributed by atoms with Crippen LogP contribution in [-0.4, -0.2) is 30.1 Å². The molecule has 2 rings (SSSR count). The van der Waals surface area contributed by atoms with Crippen LogP contribution >= 0.6 is 11.6 Å². The molecule has 1 heterocycles. The van der Waals surface area contributed by atoms with Crippen molar-refractivity contribution >= 4 is 23.2 Å². The maximum Gasteiger partial charge on any atom is 0.412 e. The summed E-state index contributed by atoms with van der Waals surface area (Å²) in [7, 11) is 0. The van der Waals surface area contributed by atoms with Crippen molar-refractivity contribution in [3.63, 3.8) is 0 Å². The highest BCUT2D eigenvalue weighted by molar-refractivity contribution is 6.34. The van der Waals surface area contributed by atoms with Crippen LogP contribution in [-0.2, 0) is 0 Å². The van der Waals surface area contributed by atoms with Gasteiger partial charge in [-0.05, 0) is 24.6 Å². The number of benzene rings is 1. The van der Waals surface area contributed by atoms with Crippen LogP contribution < -0.4 is 5.73 Å². The first-order valence-corrected chi connectivity index (χ1v) is 6.27. The summed E-state index contributed by atoms with van der Waals surface area (Å²) in [6.45, 7) is -0.0563. The molecule has 7 heteroatoms. The number of amides is 1. The zero-order valence-corrected chi connectivity index (χ0v) is 11.1. The third kappa shape index (κ3) is 3.07. The lowest BCUT2D eigenvalue weighted by molar-refractivity contribution is -0.0957. The average molecular weight is 305 g/mol. The SMILES string of the molecule is Nc1ccc(C(=O)N2CC=C(C(F)(F)F)CC2)c(Cl)c1. The third-order valence-corrected chi connectivity index (χ3v) is 3.40. The zero-order valence-electron chi connectivity index (χ0n) is 10.4. The molecular weight excluding hydrogens is 293 g/mol. The smallest absolute Gasteiger partial charge is 0.399 e. The minimum absolute atomic E-state index is 0.0187. The Morgan fingerprint density at radius 1 is 1.35 bits per heavy atom. The van der Waals surface area contributed by atoms with E-state index in [1.807, 2.05) is 0 Å². The van der Waals surface area contributed by atoms with Crippen molar-refractivity contribution in [2.75, 3.05) is 18.8 Å². The van der Waals surface area contributed by atoms with Gasteiger partial charge in [0, 0.05) is 24.4 Å². The van der Waals surface area contributed by atoms with Gasteiger partial charge in [0.2, 0.25) is 0 Å². The van der Waals surface area contributed by atoms with Crippen molar-refractivity contribution in [1.82, 2.24) is 4.90 Å². The molecule has 1 aromatic carbocycles. The lowest BCUT2D eigenvalue weighted by atomic mass is 10.1. The van der Waals surface area contributed by atoms with E-state index in [0.717, 1.165) is 6.08 Å². The molecule has 1 amide bonds. The second kappa shape index (κ2) is 5.36. The van der Waals surface area contributed by atoms with Crippen molar-refractivity contribution in [2.24, 2.45) is 0 Å². The van der Waals surface area contributed by atoms with Gasteiger partial charge in [0.15, 0.2) is 0 Å². The topological polar surface area (TPSA) is 46.3 Å². The summed E-state index contributed by atoms with van der Waals surface area (Å²) in [5.41, 5.74) is 5.60. The number of hydrogen-bond acceptors (Lipinski definition) is 2. The second-order valence-electron chi connectivity index (χ2n) is 4.47. The van der Waals surface area contributed by atoms with Crippen LogP contribution in [0.2, 0.25) is 5.02 Å². The van der Waals surface area contributed by atoms with E-state index in [9.17, 15) is 18.0 Å². The summed E-state index contributed by atoms with van der Waals surface area (Å²) < 4.78 is 37.5. The summed E-state index contributed by atoms with van der Waals surface area (Å²) in [5, 5.41) is 0.195. The Kier molecular flexibility index (Phi) is 3.94. The zero-order chi connectivity index (χ0) is 14.9. The highest BCUT2D eigenvalue weighted by atomic mass is 35.5. The predicted molar refractivity (Wildman–Crippen MR) is 70.5 cm³/mol. The second-order valence-corrected chi connectivity index (χ2v) is 4.87. The molecule has 2 N–H and O–H groups in total. The molecule has 0 bridgehead atoms. The van der Waals surface area contributed by atoms with Crippen LogP contribution in [0.15, 0.2) is 29.8 Å². The van der Waals surface area contributed by atoms with Crippen molar-refractivity contribution < 1.29 is 18.0 Å². The van der Waals surface area contributed by atoms with Crippen molar-refractivity contribution in [1.29, 1.82) is 0 Å². The lowest BCUT2D eigenvalue weighted by Gasteiger charge is -2.27. The summed E-state index contributed by atoms with van der Waals surface area (Å²) >= 11 is 5.92. The molecule has 0 radical (unpaired) electrons. The van der Waals surface area contributed by atoms with Crippen LogP contribution in [0.1, 0.15) is 16.8 Å². The number of nitrogen functional groups attached to an aromatic ring is 1. The minimum Gasteiger partial charge on any atom is -0.399 e. The van der Waals surface area contributed by atoms with E-state index in [2.05, 4.69) is 0 Å². The van der Waals surface area contributed by atoms with E-state index in [1.54, 1.807) is 0 Å². The molecule has 20 heavy (non-hydrogen) atoms. The van der Waals surface area contributed by atoms with E-state index >= 15 is 0 Å². The van der Waals surface area contributed by atoms with E-state index in [4.69, 9.17) is 17.3 Å². The maximum atomic E-state index is 12.5. The van der Waals surface area contributed by atoms with Gasteiger partial charge < -0.3 is 10.6 Å². The highest BCUT2D eigenvalue weighted by Gasteiger charge is 2.35. The van der Waals surface area contributed by atoms with Crippen LogP contribution in [0.4, 0.5) is 18.9 Å². The summed E-state index contributed by atoms with van der Waals surface area (Å²) in [6.07, 6.45) is -3.50. The van der Waals surface area contributed by atoms with Crippen LogP contribution in [0.3, 0.4) is 0 Å². The first kappa shape index (κ1) is 14.7. The predicted octanol–water partition coefficient (Wildman–Crippen LogP) is 3.26. The largest absolute Gasteiger partial charge is 0.412 e. The van der Waals surface area contributed by atoms with Gasteiger partial charge in [0.1, 0.15) is 0 Å². The van der Waals surface area contributed by atoms with Gasteiger partial charge in [-0.1, -0.05) is 17.7 Å². The Hall–Kier alpha value is -1.69. The number of alkyl halides is 3. The van der Waals surface area contributed by atoms with E-state index < -0.39 is 17.7 Å². The normalized spacial score (nSPS) is 16.0. The van der Waals surface area contributed by atoms with E-state index in [1.165, 1.54) is 23.1 Å². The average Bonchev–Trinajstić information content (AvgIpc) is 2.37. The molecule has 0 aromatic heterocycles. The minimum atomic E-state index is -4.33. The number of carbonyl (C=O) groups is 1. The molecule has 0 saturated heterocycles. The quantitative estimate of drug-likeness (QED) is 0.639. The van der Waals surface area contributed by atoms with Crippen molar-refractivity contribution in [3.05, 3.63) is 40.4 Å². The maximum absolute atomic E-state index is 12.5. The molecule has 0 spiro atoms. The van der Waals surface area contributed by atoms with Gasteiger partial charge in [-0.2, -0.15) is 13.2 Å². The van der Waals surface area contributed by atoms with Gasteiger partial charge >= 0.3 is 6.18 Å². The molecule has 1 aliphatic heterocycles. The molecule has 1 aliphatic rings. The molecule has 0 atom stereocenters. The van der Waals surface area contributed by atoms with Crippen LogP contribution in [0, 0.1) is 0 Å². The Bertz CT molecular complexity index is 569. The van der Waals surface area contributed by atoms with E-state index in [-0.39, 0.29) is 30.1 Å². The first-order valence-electron chi connectivity index (χ1n) is 5.89. The Labute approximate surface area is 118 Å². The fourth-order valence-electron chi connectivity index (χ4n) is 1.99. The Morgan fingerprint density at radius 3 is 2.55 bits per heavy atom. The molecule has 1 aromatic rings. The lowest BCUT2D eigenvalue weighted by Crippen LogP contribution is -2.36. The molecule has 3 nitrogen and oxygen atoms in total. The highest BCUT2D eigenvalue weighted by Crippen LogP contribution is 2.31. The molecule has 0 saturated carbocycles. The molecule has 108 valence electrons. The van der Waals surface area contributed by atoms with Gasteiger partial charge in [-0.25, -0.2) is 0 Å². The van der Waals surface area contributed by atoms with E-state index in [0.29, 0.717) is 5.69 Å².